The van der Waals surface area contributed by atoms with E-state index in [1.165, 1.54) is 41.0 Å². The van der Waals surface area contributed by atoms with E-state index in [1.807, 2.05) is 48.5 Å². The van der Waals surface area contributed by atoms with E-state index in [-0.39, 0.29) is 23.9 Å². The van der Waals surface area contributed by atoms with Gasteiger partial charge in [-0.1, -0.05) is 59.6 Å². The minimum atomic E-state index is -1.09. The maximum absolute atomic E-state index is 12.8. The first-order valence-electron chi connectivity index (χ1n) is 14.6. The molecule has 0 heterocycles. The number of Topliss-reactive ketones (excluding diaryl/α,β-unsaturated/α-hetero) is 1. The van der Waals surface area contributed by atoms with Gasteiger partial charge in [-0.3, -0.25) is 4.79 Å². The van der Waals surface area contributed by atoms with Gasteiger partial charge in [-0.2, -0.15) is 0 Å². The van der Waals surface area contributed by atoms with Crippen molar-refractivity contribution in [3.8, 4) is 11.5 Å². The molecule has 0 amide bonds. The average Bonchev–Trinajstić information content (AvgIpc) is 3.01. The van der Waals surface area contributed by atoms with Crippen LogP contribution in [0.2, 0.25) is 10.0 Å². The van der Waals surface area contributed by atoms with E-state index in [0.29, 0.717) is 11.5 Å². The Hall–Kier alpha value is -3.84. The molecule has 4 aromatic rings. The predicted molar refractivity (Wildman–Crippen MR) is 176 cm³/mol. The summed E-state index contributed by atoms with van der Waals surface area (Å²) in [7, 11) is 0. The third-order valence-electron chi connectivity index (χ3n) is 7.41. The van der Waals surface area contributed by atoms with Crippen LogP contribution < -0.4 is 14.8 Å². The molecule has 0 aliphatic rings. The molecule has 0 atom stereocenters. The molecule has 2 N–H and O–H groups in total. The monoisotopic (exact) mass is 633 g/mol. The quantitative estimate of drug-likeness (QED) is 0.121. The van der Waals surface area contributed by atoms with Crippen molar-refractivity contribution < 1.29 is 24.2 Å². The lowest BCUT2D eigenvalue weighted by Crippen LogP contribution is -2.41. The van der Waals surface area contributed by atoms with E-state index in [9.17, 15) is 9.59 Å². The van der Waals surface area contributed by atoms with Crippen LogP contribution in [0.25, 0.3) is 0 Å². The van der Waals surface area contributed by atoms with Gasteiger partial charge in [0.15, 0.2) is 12.2 Å². The van der Waals surface area contributed by atoms with E-state index >= 15 is 0 Å². The van der Waals surface area contributed by atoms with Crippen molar-refractivity contribution >= 4 is 35.0 Å². The lowest BCUT2D eigenvalue weighted by molar-refractivity contribution is -0.134. The van der Waals surface area contributed by atoms with Crippen LogP contribution in [-0.4, -0.2) is 42.2 Å². The van der Waals surface area contributed by atoms with Gasteiger partial charge in [0, 0.05) is 16.0 Å². The van der Waals surface area contributed by atoms with Gasteiger partial charge in [0.05, 0.1) is 5.56 Å². The largest absolute Gasteiger partial charge is 0.486 e. The van der Waals surface area contributed by atoms with Crippen LogP contribution in [0.3, 0.4) is 0 Å². The van der Waals surface area contributed by atoms with Gasteiger partial charge >= 0.3 is 5.97 Å². The summed E-state index contributed by atoms with van der Waals surface area (Å²) in [5.41, 5.74) is 2.70. The first kappa shape index (κ1) is 33.1. The number of carboxylic acids is 1. The maximum atomic E-state index is 12.8. The molecular formula is C36H37Cl2NO5. The van der Waals surface area contributed by atoms with Crippen LogP contribution in [0.15, 0.2) is 97.1 Å². The molecule has 4 aromatic carbocycles. The van der Waals surface area contributed by atoms with Gasteiger partial charge in [0.2, 0.25) is 5.78 Å². The van der Waals surface area contributed by atoms with Crippen LogP contribution >= 0.6 is 23.2 Å². The molecule has 0 bridgehead atoms. The maximum Gasteiger partial charge on any atom is 0.335 e. The number of nitrogens with one attached hydrogen (secondary N) is 1. The molecule has 0 aliphatic carbocycles. The zero-order valence-electron chi connectivity index (χ0n) is 24.9. The van der Waals surface area contributed by atoms with Crippen LogP contribution in [0, 0.1) is 0 Å². The summed E-state index contributed by atoms with van der Waals surface area (Å²) >= 11 is 12.2. The molecule has 4 rings (SSSR count). The normalized spacial score (nSPS) is 11.4. The van der Waals surface area contributed by atoms with E-state index in [1.54, 1.807) is 13.8 Å². The molecule has 230 valence electrons. The third kappa shape index (κ3) is 9.84. The number of carboxylic acid groups (broad SMARTS) is 1. The Labute approximate surface area is 268 Å². The molecule has 0 aromatic heterocycles. The number of carbonyl (C=O) groups excluding carboxylic acids is 1. The van der Waals surface area contributed by atoms with Crippen molar-refractivity contribution in [1.29, 1.82) is 0 Å². The number of ether oxygens (including phenoxy) is 2. The Kier molecular flexibility index (Phi) is 11.8. The Balaban J connectivity index is 1.19. The minimum Gasteiger partial charge on any atom is -0.486 e. The second-order valence-electron chi connectivity index (χ2n) is 11.1. The number of aromatic carboxylic acids is 1. The zero-order chi connectivity index (χ0) is 31.5. The smallest absolute Gasteiger partial charge is 0.335 e. The van der Waals surface area contributed by atoms with Gasteiger partial charge in [-0.15, -0.1) is 0 Å². The van der Waals surface area contributed by atoms with Crippen LogP contribution in [0.5, 0.6) is 11.5 Å². The summed E-state index contributed by atoms with van der Waals surface area (Å²) in [4.78, 5) is 23.8. The topological polar surface area (TPSA) is 84.9 Å². The number of hydrogen-bond donors (Lipinski definition) is 2. The highest BCUT2D eigenvalue weighted by atomic mass is 35.5. The zero-order valence-corrected chi connectivity index (χ0v) is 26.4. The van der Waals surface area contributed by atoms with Gasteiger partial charge in [-0.25, -0.2) is 4.79 Å². The fourth-order valence-electron chi connectivity index (χ4n) is 4.80. The number of benzene rings is 4. The standard InChI is InChI=1S/C36H37Cl2NO5/c1-36(2,34(40)24-43-31-19-11-28(12-20-31)35(41)42)44-32-17-5-25(6-18-32)4-3-22-39-23-21-33(26-7-13-29(37)14-8-26)27-9-15-30(38)16-10-27/h5-20,33,39H,3-4,21-24H2,1-2H3,(H,41,42). The summed E-state index contributed by atoms with van der Waals surface area (Å²) in [6.45, 7) is 4.99. The van der Waals surface area contributed by atoms with Crippen molar-refractivity contribution in [2.75, 3.05) is 19.7 Å². The van der Waals surface area contributed by atoms with E-state index in [0.717, 1.165) is 42.4 Å². The number of aryl methyl sites for hydroxylation is 1. The first-order chi connectivity index (χ1) is 21.1. The Morgan fingerprint density at radius 3 is 1.86 bits per heavy atom. The number of hydrogen-bond acceptors (Lipinski definition) is 5. The molecule has 44 heavy (non-hydrogen) atoms. The number of ketones is 1. The first-order valence-corrected chi connectivity index (χ1v) is 15.4. The van der Waals surface area contributed by atoms with Crippen LogP contribution in [0.4, 0.5) is 0 Å². The van der Waals surface area contributed by atoms with Gasteiger partial charge in [-0.05, 0) is 124 Å². The minimum absolute atomic E-state index is 0.153. The highest BCUT2D eigenvalue weighted by molar-refractivity contribution is 6.30. The average molecular weight is 635 g/mol. The lowest BCUT2D eigenvalue weighted by Gasteiger charge is -2.25. The Morgan fingerprint density at radius 1 is 0.773 bits per heavy atom. The number of rotatable bonds is 16. The number of carbonyl (C=O) groups is 2. The second-order valence-corrected chi connectivity index (χ2v) is 12.0. The highest BCUT2D eigenvalue weighted by Crippen LogP contribution is 2.29. The third-order valence-corrected chi connectivity index (χ3v) is 7.92. The van der Waals surface area contributed by atoms with Gasteiger partial charge < -0.3 is 19.9 Å². The molecule has 6 nitrogen and oxygen atoms in total. The summed E-state index contributed by atoms with van der Waals surface area (Å²) in [5, 5.41) is 14.0. The molecule has 0 fully saturated rings. The van der Waals surface area contributed by atoms with Crippen LogP contribution in [0.1, 0.15) is 59.7 Å². The second kappa shape index (κ2) is 15.8. The molecule has 0 saturated heterocycles. The Morgan fingerprint density at radius 2 is 1.32 bits per heavy atom. The predicted octanol–water partition coefficient (Wildman–Crippen LogP) is 8.24. The fraction of sp³-hybridized carbons (Fsp3) is 0.278. The summed E-state index contributed by atoms with van der Waals surface area (Å²) in [6.07, 6.45) is 2.86. The van der Waals surface area contributed by atoms with Gasteiger partial charge in [0.25, 0.3) is 0 Å². The summed E-state index contributed by atoms with van der Waals surface area (Å²) in [6, 6.07) is 29.8. The van der Waals surface area contributed by atoms with Crippen molar-refractivity contribution in [1.82, 2.24) is 5.32 Å². The molecule has 0 unspecified atom stereocenters. The molecule has 0 radical (unpaired) electrons. The fourth-order valence-corrected chi connectivity index (χ4v) is 5.05. The molecule has 0 spiro atoms. The molecule has 0 aliphatic heterocycles. The van der Waals surface area contributed by atoms with Crippen molar-refractivity contribution in [2.45, 2.75) is 44.6 Å². The molecule has 0 saturated carbocycles. The van der Waals surface area contributed by atoms with E-state index in [4.69, 9.17) is 37.8 Å². The SMILES string of the molecule is CC(C)(Oc1ccc(CCCNCCC(c2ccc(Cl)cc2)c2ccc(Cl)cc2)cc1)C(=O)COc1ccc(C(=O)O)cc1. The summed E-state index contributed by atoms with van der Waals surface area (Å²) < 4.78 is 11.5. The van der Waals surface area contributed by atoms with E-state index < -0.39 is 11.6 Å². The summed E-state index contributed by atoms with van der Waals surface area (Å²) in [5.74, 6) is 0.0179. The van der Waals surface area contributed by atoms with Crippen LogP contribution in [-0.2, 0) is 11.2 Å². The molecule has 8 heteroatoms. The number of halogens is 2. The lowest BCUT2D eigenvalue weighted by atomic mass is 9.88. The van der Waals surface area contributed by atoms with Crippen molar-refractivity contribution in [3.63, 3.8) is 0 Å². The molecular weight excluding hydrogens is 597 g/mol. The van der Waals surface area contributed by atoms with E-state index in [2.05, 4.69) is 29.6 Å². The highest BCUT2D eigenvalue weighted by Gasteiger charge is 2.30. The van der Waals surface area contributed by atoms with Crippen molar-refractivity contribution in [3.05, 3.63) is 129 Å². The Bertz CT molecular complexity index is 1460. The van der Waals surface area contributed by atoms with Crippen molar-refractivity contribution in [2.24, 2.45) is 0 Å². The van der Waals surface area contributed by atoms with Gasteiger partial charge in [0.1, 0.15) is 11.5 Å².